The van der Waals surface area contributed by atoms with Gasteiger partial charge in [0.15, 0.2) is 0 Å². The van der Waals surface area contributed by atoms with Gasteiger partial charge in [0.25, 0.3) is 5.70 Å². The van der Waals surface area contributed by atoms with Gasteiger partial charge in [0, 0.05) is 24.2 Å². The highest BCUT2D eigenvalue weighted by Crippen LogP contribution is 2.62. The molecule has 0 N–H and O–H groups in total. The van der Waals surface area contributed by atoms with Crippen LogP contribution >= 0.6 is 0 Å². The molecule has 0 spiro atoms. The van der Waals surface area contributed by atoms with E-state index < -0.39 is 8.07 Å². The Morgan fingerprint density at radius 3 is 2.02 bits per heavy atom. The van der Waals surface area contributed by atoms with Crippen molar-refractivity contribution in [3.8, 4) is 6.07 Å². The molecule has 0 saturated heterocycles. The Morgan fingerprint density at radius 2 is 1.44 bits per heavy atom. The van der Waals surface area contributed by atoms with Crippen LogP contribution in [0.4, 0.5) is 5.69 Å². The van der Waals surface area contributed by atoms with E-state index in [0.29, 0.717) is 16.9 Å². The number of unbranched alkanes of at least 4 members (excludes halogenated alkanes) is 2. The first-order chi connectivity index (χ1) is 29.7. The predicted octanol–water partition coefficient (Wildman–Crippen LogP) is 12.3. The van der Waals surface area contributed by atoms with Gasteiger partial charge < -0.3 is 9.64 Å². The maximum atomic E-state index is 10.1. The van der Waals surface area contributed by atoms with E-state index >= 15 is 0 Å². The third-order valence-electron chi connectivity index (χ3n) is 15.7. The lowest BCUT2D eigenvalue weighted by Gasteiger charge is -2.54. The van der Waals surface area contributed by atoms with Gasteiger partial charge in [-0.3, -0.25) is 0 Å². The largest absolute Gasteiger partial charge is 0.461 e. The maximum absolute atomic E-state index is 10.1. The first kappa shape index (κ1) is 41.0. The molecule has 1 unspecified atom stereocenters. The molecule has 61 heavy (non-hydrogen) atoms. The standard InChI is InChI=1S/C56H61N3OSi/c1-5-6-16-26-55-27-30-56(31-28-55,32-29-55)52-39-44(51(40-57)58-4)38-45(60-52)24-23-42-36-49-43(25-34-59-35-33-54(2,3)50(37-42)53(49)59)41-61(46-17-10-7-11-18-46,47-19-12-8-13-20-47)48-21-14-9-15-22-48/h7-15,17-24,36-39,43H,5-6,16,25-35,41H2,1-3H3. The summed E-state index contributed by atoms with van der Waals surface area (Å²) in [6, 6.07) is 42.4. The number of fused-ring (bicyclic) bond motifs is 3. The molecule has 0 amide bonds. The normalized spacial score (nSPS) is 24.8. The van der Waals surface area contributed by atoms with Crippen LogP contribution in [-0.2, 0) is 10.2 Å². The molecule has 4 aromatic carbocycles. The third kappa shape index (κ3) is 7.65. The summed E-state index contributed by atoms with van der Waals surface area (Å²) in [7, 11) is -2.51. The van der Waals surface area contributed by atoms with E-state index in [1.165, 1.54) is 82.9 Å². The molecule has 0 aromatic heterocycles. The van der Waals surface area contributed by atoms with Gasteiger partial charge in [-0.05, 0) is 149 Å². The lowest BCUT2D eigenvalue weighted by molar-refractivity contribution is -0.0195. The minimum atomic E-state index is -2.51. The second-order valence-corrected chi connectivity index (χ2v) is 23.5. The fraction of sp³-hybridized carbons (Fsp3) is 0.393. The summed E-state index contributed by atoms with van der Waals surface area (Å²) in [5.74, 6) is 2.05. The average molecular weight is 820 g/mol. The quantitative estimate of drug-likeness (QED) is 0.0470. The molecule has 310 valence electrons. The third-order valence-corrected chi connectivity index (χ3v) is 20.8. The molecule has 3 aliphatic carbocycles. The van der Waals surface area contributed by atoms with E-state index in [2.05, 4.69) is 152 Å². The summed E-state index contributed by atoms with van der Waals surface area (Å²) >= 11 is 0. The van der Waals surface area contributed by atoms with Crippen LogP contribution in [0.2, 0.25) is 6.04 Å². The summed E-state index contributed by atoms with van der Waals surface area (Å²) in [6.45, 7) is 17.2. The second kappa shape index (κ2) is 16.8. The van der Waals surface area contributed by atoms with E-state index in [-0.39, 0.29) is 16.5 Å². The van der Waals surface area contributed by atoms with E-state index in [4.69, 9.17) is 11.3 Å². The minimum Gasteiger partial charge on any atom is -0.461 e. The molecule has 4 aromatic rings. The topological polar surface area (TPSA) is 40.6 Å². The molecule has 10 rings (SSSR count). The van der Waals surface area contributed by atoms with Gasteiger partial charge in [-0.25, -0.2) is 10.1 Å². The number of benzene rings is 4. The molecule has 4 nitrogen and oxygen atoms in total. The molecule has 3 aliphatic heterocycles. The van der Waals surface area contributed by atoms with E-state index in [1.807, 2.05) is 12.2 Å². The van der Waals surface area contributed by atoms with Crippen molar-refractivity contribution in [2.45, 2.75) is 115 Å². The number of ether oxygens (including phenoxy) is 1. The Kier molecular flexibility index (Phi) is 11.3. The summed E-state index contributed by atoms with van der Waals surface area (Å²) in [5.41, 5.74) is 6.86. The number of hydrogen-bond acceptors (Lipinski definition) is 3. The van der Waals surface area contributed by atoms with Crippen LogP contribution in [0.5, 0.6) is 0 Å². The van der Waals surface area contributed by atoms with Crippen molar-refractivity contribution in [1.82, 2.24) is 0 Å². The summed E-state index contributed by atoms with van der Waals surface area (Å²) in [5, 5.41) is 14.4. The Labute approximate surface area is 366 Å². The average Bonchev–Trinajstić information content (AvgIpc) is 3.31. The number of hydrogen-bond donors (Lipinski definition) is 0. The van der Waals surface area contributed by atoms with E-state index in [9.17, 15) is 5.26 Å². The van der Waals surface area contributed by atoms with Crippen LogP contribution in [0.1, 0.15) is 120 Å². The van der Waals surface area contributed by atoms with Crippen molar-refractivity contribution in [3.05, 3.63) is 172 Å². The number of nitrogens with zero attached hydrogens (tertiary/aromatic N) is 3. The Morgan fingerprint density at radius 1 is 0.820 bits per heavy atom. The summed E-state index contributed by atoms with van der Waals surface area (Å²) < 4.78 is 6.93. The zero-order valence-corrected chi connectivity index (χ0v) is 37.6. The van der Waals surface area contributed by atoms with Gasteiger partial charge in [0.05, 0.1) is 12.6 Å². The van der Waals surface area contributed by atoms with Crippen molar-refractivity contribution in [2.24, 2.45) is 10.8 Å². The molecule has 3 fully saturated rings. The minimum absolute atomic E-state index is 0.0307. The molecule has 6 aliphatic rings. The van der Waals surface area contributed by atoms with Crippen molar-refractivity contribution in [2.75, 3.05) is 18.0 Å². The molecular weight excluding hydrogens is 759 g/mol. The number of nitriles is 1. The highest BCUT2D eigenvalue weighted by molar-refractivity contribution is 7.11. The van der Waals surface area contributed by atoms with Crippen LogP contribution in [-0.4, -0.2) is 21.2 Å². The Balaban J connectivity index is 1.10. The fourth-order valence-electron chi connectivity index (χ4n) is 12.0. The van der Waals surface area contributed by atoms with E-state index in [1.54, 1.807) is 0 Å². The zero-order valence-electron chi connectivity index (χ0n) is 36.6. The molecule has 1 atom stereocenters. The van der Waals surface area contributed by atoms with Crippen LogP contribution in [0.15, 0.2) is 144 Å². The Bertz CT molecular complexity index is 2330. The van der Waals surface area contributed by atoms with Crippen LogP contribution < -0.4 is 20.5 Å². The second-order valence-electron chi connectivity index (χ2n) is 19.6. The Hall–Kier alpha value is -5.36. The van der Waals surface area contributed by atoms with Crippen molar-refractivity contribution >= 4 is 35.4 Å². The molecule has 5 heteroatoms. The predicted molar refractivity (Wildman–Crippen MR) is 255 cm³/mol. The van der Waals surface area contributed by atoms with E-state index in [0.717, 1.165) is 62.8 Å². The van der Waals surface area contributed by atoms with Gasteiger partial charge in [0.2, 0.25) is 0 Å². The SMILES string of the molecule is [C-]#[N+]C(C#N)=C1C=C(C=Cc2cc3c4c(c2)C(C)(C)CCN4CCC3C[Si](c2ccccc2)(c2ccccc2)c2ccccc2)OC(C23CCC(CCCCC)(CC2)CC3)=C1. The summed E-state index contributed by atoms with van der Waals surface area (Å²) in [4.78, 5) is 6.35. The fourth-order valence-corrected chi connectivity index (χ4v) is 17.2. The number of allylic oxidation sites excluding steroid dienone is 6. The number of anilines is 1. The lowest BCUT2D eigenvalue weighted by atomic mass is 9.52. The van der Waals surface area contributed by atoms with Crippen molar-refractivity contribution in [3.63, 3.8) is 0 Å². The smallest absolute Gasteiger partial charge is 0.269 e. The van der Waals surface area contributed by atoms with Crippen LogP contribution in [0.3, 0.4) is 0 Å². The van der Waals surface area contributed by atoms with Gasteiger partial charge >= 0.3 is 0 Å². The van der Waals surface area contributed by atoms with Crippen LogP contribution in [0, 0.1) is 28.7 Å². The zero-order chi connectivity index (χ0) is 42.1. The molecule has 2 bridgehead atoms. The lowest BCUT2D eigenvalue weighted by Crippen LogP contribution is -2.67. The highest BCUT2D eigenvalue weighted by Gasteiger charge is 2.51. The highest BCUT2D eigenvalue weighted by atomic mass is 28.3. The van der Waals surface area contributed by atoms with Gasteiger partial charge in [-0.1, -0.05) is 137 Å². The first-order valence-electron chi connectivity index (χ1n) is 23.1. The molecular formula is C56H61N3OSi. The monoisotopic (exact) mass is 819 g/mol. The number of rotatable bonds is 12. The van der Waals surface area contributed by atoms with Gasteiger partial charge in [-0.15, -0.1) is 0 Å². The van der Waals surface area contributed by atoms with Gasteiger partial charge in [-0.2, -0.15) is 0 Å². The maximum Gasteiger partial charge on any atom is 0.269 e. The molecule has 3 heterocycles. The van der Waals surface area contributed by atoms with Crippen molar-refractivity contribution in [1.29, 1.82) is 5.26 Å². The molecule has 0 radical (unpaired) electrons. The van der Waals surface area contributed by atoms with Crippen molar-refractivity contribution < 1.29 is 4.74 Å². The molecule has 3 saturated carbocycles. The van der Waals surface area contributed by atoms with Gasteiger partial charge in [0.1, 0.15) is 19.6 Å². The summed E-state index contributed by atoms with van der Waals surface area (Å²) in [6.07, 6.45) is 22.9. The first-order valence-corrected chi connectivity index (χ1v) is 25.3. The van der Waals surface area contributed by atoms with Crippen LogP contribution in [0.25, 0.3) is 10.9 Å².